The molecule has 2 fully saturated rings. The van der Waals surface area contributed by atoms with Crippen molar-refractivity contribution in [2.75, 3.05) is 26.2 Å². The molecule has 0 bridgehead atoms. The number of aromatic hydroxyl groups is 3. The summed E-state index contributed by atoms with van der Waals surface area (Å²) in [5.41, 5.74) is 12.0. The number of halogens is 2. The summed E-state index contributed by atoms with van der Waals surface area (Å²) in [6, 6.07) is 2.27. The topological polar surface area (TPSA) is 278 Å². The average molecular weight is 765 g/mol. The molecule has 0 radical (unpaired) electrons. The van der Waals surface area contributed by atoms with Crippen molar-refractivity contribution in [3.63, 3.8) is 0 Å². The number of carbonyl (C=O) groups excluding carboxylic acids is 3. The molecule has 1 aromatic heterocycles. The van der Waals surface area contributed by atoms with E-state index in [1.165, 1.54) is 36.4 Å². The van der Waals surface area contributed by atoms with Crippen LogP contribution in [0, 0.1) is 18.6 Å². The lowest BCUT2D eigenvalue weighted by Crippen LogP contribution is -2.61. The van der Waals surface area contributed by atoms with E-state index >= 15 is 0 Å². The van der Waals surface area contributed by atoms with Gasteiger partial charge in [-0.1, -0.05) is 6.07 Å². The second kappa shape index (κ2) is 15.1. The molecule has 3 aromatic rings. The van der Waals surface area contributed by atoms with Crippen LogP contribution >= 0.6 is 0 Å². The minimum Gasteiger partial charge on any atom is -0.534 e. The van der Waals surface area contributed by atoms with Crippen LogP contribution in [0.4, 0.5) is 8.78 Å². The number of phenols is 2. The summed E-state index contributed by atoms with van der Waals surface area (Å²) in [5, 5.41) is 50.4. The molecule has 2 atom stereocenters. The number of benzene rings is 2. The highest BCUT2D eigenvalue weighted by molar-refractivity contribution is 6.47. The molecule has 0 spiro atoms. The Balaban J connectivity index is 1.23. The van der Waals surface area contributed by atoms with Gasteiger partial charge in [0, 0.05) is 44.0 Å². The lowest BCUT2D eigenvalue weighted by molar-refractivity contribution is -0.155. The number of nitrogens with zero attached hydrogens (tertiary/aromatic N) is 6. The predicted molar refractivity (Wildman–Crippen MR) is 188 cm³/mol. The fraction of sp³-hybridized carbons (Fsp3) is 0.324. The maximum absolute atomic E-state index is 14.8. The van der Waals surface area contributed by atoms with Gasteiger partial charge >= 0.3 is 24.9 Å². The molecule has 0 aliphatic carbocycles. The number of piperazine rings is 1. The minimum atomic E-state index is -1.85. The lowest BCUT2D eigenvalue weighted by Gasteiger charge is -2.41. The summed E-state index contributed by atoms with van der Waals surface area (Å²) in [6.07, 6.45) is 3.06. The van der Waals surface area contributed by atoms with E-state index in [9.17, 15) is 53.4 Å². The number of hydrogen-bond donors (Lipinski definition) is 7. The first-order valence-corrected chi connectivity index (χ1v) is 16.9. The Hall–Kier alpha value is -6.51. The molecule has 21 heteroatoms. The van der Waals surface area contributed by atoms with E-state index < -0.39 is 83.1 Å². The normalized spacial score (nSPS) is 18.9. The molecule has 4 heterocycles. The number of piperidine rings is 1. The second-order valence-electron chi connectivity index (χ2n) is 13.1. The molecule has 0 saturated carbocycles. The molecule has 2 aromatic carbocycles. The molecular formula is C34H35BF2N8O10. The Morgan fingerprint density at radius 2 is 1.71 bits per heavy atom. The molecule has 2 saturated heterocycles. The van der Waals surface area contributed by atoms with Gasteiger partial charge in [-0.2, -0.15) is 0 Å². The van der Waals surface area contributed by atoms with E-state index in [1.807, 2.05) is 0 Å². The molecule has 3 aliphatic heterocycles. The Bertz CT molecular complexity index is 2150. The zero-order valence-corrected chi connectivity index (χ0v) is 29.1. The number of hydrogen-bond acceptors (Lipinski definition) is 12. The van der Waals surface area contributed by atoms with E-state index in [2.05, 4.69) is 15.0 Å². The number of aromatic nitrogens is 1. The number of amides is 3. The Kier molecular flexibility index (Phi) is 10.5. The molecule has 55 heavy (non-hydrogen) atoms. The first kappa shape index (κ1) is 38.2. The highest BCUT2D eigenvalue weighted by Crippen LogP contribution is 2.38. The van der Waals surface area contributed by atoms with Crippen LogP contribution in [0.5, 0.6) is 23.0 Å². The number of amidine groups is 1. The quantitative estimate of drug-likeness (QED) is 0.0557. The number of aromatic carboxylic acids is 1. The first-order chi connectivity index (χ1) is 26.1. The molecule has 18 nitrogen and oxygen atoms in total. The van der Waals surface area contributed by atoms with Gasteiger partial charge in [0.2, 0.25) is 0 Å². The van der Waals surface area contributed by atoms with Crippen LogP contribution in [-0.2, 0) is 16.0 Å². The summed E-state index contributed by atoms with van der Waals surface area (Å²) in [5.74, 6) is -11.0. The van der Waals surface area contributed by atoms with Gasteiger partial charge in [-0.3, -0.25) is 29.3 Å². The van der Waals surface area contributed by atoms with Crippen molar-refractivity contribution < 1.29 is 58.1 Å². The van der Waals surface area contributed by atoms with Crippen LogP contribution in [0.25, 0.3) is 0 Å². The summed E-state index contributed by atoms with van der Waals surface area (Å²) in [4.78, 5) is 67.7. The zero-order valence-electron chi connectivity index (χ0n) is 29.1. The Labute approximate surface area is 311 Å². The van der Waals surface area contributed by atoms with Crippen LogP contribution in [0.3, 0.4) is 0 Å². The summed E-state index contributed by atoms with van der Waals surface area (Å²) in [7, 11) is -1.85. The second-order valence-corrected chi connectivity index (χ2v) is 13.1. The predicted octanol–water partition coefficient (Wildman–Crippen LogP) is 0.195. The van der Waals surface area contributed by atoms with E-state index in [0.717, 1.165) is 17.0 Å². The summed E-state index contributed by atoms with van der Waals surface area (Å²) >= 11 is 0. The van der Waals surface area contributed by atoms with Gasteiger partial charge in [-0.15, -0.1) is 0 Å². The van der Waals surface area contributed by atoms with Crippen molar-refractivity contribution in [1.82, 2.24) is 19.7 Å². The third kappa shape index (κ3) is 7.37. The maximum atomic E-state index is 14.8. The number of carboxylic acids is 1. The van der Waals surface area contributed by atoms with Crippen LogP contribution in [0.2, 0.25) is 0 Å². The minimum absolute atomic E-state index is 0.0295. The number of guanidine groups is 1. The van der Waals surface area contributed by atoms with Gasteiger partial charge in [0.25, 0.3) is 5.91 Å². The van der Waals surface area contributed by atoms with Gasteiger partial charge in [0.15, 0.2) is 23.3 Å². The SMILES string of the molecule is Cc1c(C(N=C(N)N2CCN(C3CCN(C(=O)c4cncc(O)c4)CC3)C(=O)C2=O)/C(N)=N/[C@H]2Cc3ccc(F)c(C(=O)O)c3OB2O)cc(F)c(O)c1O. The smallest absolute Gasteiger partial charge is 0.534 e. The number of likely N-dealkylation sites (tertiary alicyclic amines) is 1. The van der Waals surface area contributed by atoms with Crippen LogP contribution < -0.4 is 16.1 Å². The van der Waals surface area contributed by atoms with Crippen LogP contribution in [0.15, 0.2) is 46.6 Å². The Morgan fingerprint density at radius 3 is 2.38 bits per heavy atom. The molecule has 1 unspecified atom stereocenters. The van der Waals surface area contributed by atoms with Crippen molar-refractivity contribution in [1.29, 1.82) is 0 Å². The van der Waals surface area contributed by atoms with E-state index in [-0.39, 0.29) is 72.6 Å². The van der Waals surface area contributed by atoms with Gasteiger partial charge in [0.1, 0.15) is 40.7 Å². The van der Waals surface area contributed by atoms with Crippen molar-refractivity contribution >= 4 is 42.6 Å². The van der Waals surface area contributed by atoms with Crippen LogP contribution in [0.1, 0.15) is 56.3 Å². The molecule has 6 rings (SSSR count). The van der Waals surface area contributed by atoms with Crippen molar-refractivity contribution in [2.24, 2.45) is 21.5 Å². The van der Waals surface area contributed by atoms with Crippen LogP contribution in [-0.4, -0.2) is 126 Å². The average Bonchev–Trinajstić information content (AvgIpc) is 3.15. The highest BCUT2D eigenvalue weighted by atomic mass is 19.1. The molecule has 288 valence electrons. The number of rotatable bonds is 7. The van der Waals surface area contributed by atoms with Gasteiger partial charge in [-0.05, 0) is 55.5 Å². The van der Waals surface area contributed by atoms with E-state index in [1.54, 1.807) is 4.90 Å². The number of carbonyl (C=O) groups is 4. The number of aliphatic imine (C=N–C) groups is 2. The van der Waals surface area contributed by atoms with Gasteiger partial charge in [0.05, 0.1) is 11.8 Å². The number of carboxylic acid groups (broad SMARTS) is 1. The third-order valence-corrected chi connectivity index (χ3v) is 9.76. The summed E-state index contributed by atoms with van der Waals surface area (Å²) in [6.45, 7) is 1.75. The fourth-order valence-corrected chi connectivity index (χ4v) is 6.84. The standard InChI is InChI=1S/C34H35BF2N8O10/c1-15-20(12-22(37)27(48)26(15)47)25(29(38)41-23-11-16-2-3-21(36)24(33(52)53)28(16)55-35(23)54)42-34(39)45-9-8-44(31(50)32(45)51)18-4-6-43(7-5-18)30(49)17-10-19(46)14-40-13-17/h2-3,10,12-14,18,23,25,46-48,54H,4-9,11H2,1H3,(H2,38,41)(H2,39,42)(H,52,53)/t23-,25?/m0/s1. The van der Waals surface area contributed by atoms with Crippen molar-refractivity contribution in [3.05, 3.63) is 76.1 Å². The third-order valence-electron chi connectivity index (χ3n) is 9.76. The number of nitrogens with two attached hydrogens (primary N) is 2. The maximum Gasteiger partial charge on any atom is 0.549 e. The zero-order chi connectivity index (χ0) is 39.9. The number of fused-ring (bicyclic) bond motifs is 1. The van der Waals surface area contributed by atoms with Crippen molar-refractivity contribution in [2.45, 2.75) is 44.2 Å². The molecule has 3 aliphatic rings. The monoisotopic (exact) mass is 764 g/mol. The first-order valence-electron chi connectivity index (χ1n) is 16.9. The Morgan fingerprint density at radius 1 is 1.00 bits per heavy atom. The number of phenolic OH excluding ortho intramolecular Hbond substituents is 2. The highest BCUT2D eigenvalue weighted by Gasteiger charge is 2.41. The van der Waals surface area contributed by atoms with Gasteiger partial charge < -0.3 is 51.4 Å². The fourth-order valence-electron chi connectivity index (χ4n) is 6.84. The largest absolute Gasteiger partial charge is 0.549 e. The number of pyridine rings is 1. The molecule has 9 N–H and O–H groups in total. The van der Waals surface area contributed by atoms with E-state index in [0.29, 0.717) is 12.8 Å². The lowest BCUT2D eigenvalue weighted by atomic mass is 9.72. The molecule has 3 amide bonds. The van der Waals surface area contributed by atoms with E-state index in [4.69, 9.17) is 16.1 Å². The molecular weight excluding hydrogens is 729 g/mol. The summed E-state index contributed by atoms with van der Waals surface area (Å²) < 4.78 is 34.4. The van der Waals surface area contributed by atoms with Gasteiger partial charge in [-0.25, -0.2) is 18.6 Å². The van der Waals surface area contributed by atoms with Crippen molar-refractivity contribution in [3.8, 4) is 23.0 Å².